The van der Waals surface area contributed by atoms with Gasteiger partial charge in [-0.15, -0.1) is 24.0 Å². The van der Waals surface area contributed by atoms with E-state index in [1.807, 2.05) is 6.20 Å². The number of nitrogens with zero attached hydrogens (tertiary/aromatic N) is 3. The zero-order valence-corrected chi connectivity index (χ0v) is 20.4. The summed E-state index contributed by atoms with van der Waals surface area (Å²) in [7, 11) is 1.79. The highest BCUT2D eigenvalue weighted by Crippen LogP contribution is 2.24. The molecule has 27 heavy (non-hydrogen) atoms. The van der Waals surface area contributed by atoms with E-state index in [1.165, 1.54) is 25.9 Å². The molecule has 1 atom stereocenters. The van der Waals surface area contributed by atoms with Crippen molar-refractivity contribution in [2.45, 2.75) is 71.9 Å². The van der Waals surface area contributed by atoms with Gasteiger partial charge >= 0.3 is 0 Å². The topological polar surface area (TPSA) is 65.7 Å². The third kappa shape index (κ3) is 7.25. The normalized spacial score (nSPS) is 19.5. The van der Waals surface area contributed by atoms with E-state index in [-0.39, 0.29) is 34.9 Å². The van der Waals surface area contributed by atoms with Crippen LogP contribution in [0.3, 0.4) is 0 Å². The van der Waals surface area contributed by atoms with Crippen LogP contribution in [0.15, 0.2) is 15.6 Å². The van der Waals surface area contributed by atoms with Crippen molar-refractivity contribution >= 4 is 29.9 Å². The number of nitrogens with one attached hydrogen (secondary N) is 2. The smallest absolute Gasteiger partial charge is 0.213 e. The minimum atomic E-state index is -0.0270. The van der Waals surface area contributed by atoms with Gasteiger partial charge in [0.2, 0.25) is 5.89 Å². The number of hydrogen-bond acceptors (Lipinski definition) is 4. The molecule has 2 N–H and O–H groups in total. The summed E-state index contributed by atoms with van der Waals surface area (Å²) in [6.07, 6.45) is 4.45. The Morgan fingerprint density at radius 1 is 1.30 bits per heavy atom. The minimum Gasteiger partial charge on any atom is -0.443 e. The fourth-order valence-corrected chi connectivity index (χ4v) is 3.27. The standard InChI is InChI=1S/C20H37N5O.HI/c1-15-9-8-10-25(13-15)20(5,6)14-24-18(21-7)23-12-17-22-11-16(26-17)19(2,3)4;/h11,15H,8-10,12-14H2,1-7H3,(H2,21,23,24);1H. The first-order valence-corrected chi connectivity index (χ1v) is 9.76. The summed E-state index contributed by atoms with van der Waals surface area (Å²) >= 11 is 0. The van der Waals surface area contributed by atoms with Crippen LogP contribution >= 0.6 is 24.0 Å². The number of aromatic nitrogens is 1. The maximum absolute atomic E-state index is 5.83. The molecule has 156 valence electrons. The van der Waals surface area contributed by atoms with Gasteiger partial charge in [0, 0.05) is 31.1 Å². The second-order valence-corrected chi connectivity index (χ2v) is 9.15. The third-order valence-electron chi connectivity index (χ3n) is 5.12. The predicted molar refractivity (Wildman–Crippen MR) is 123 cm³/mol. The first-order chi connectivity index (χ1) is 12.1. The zero-order valence-electron chi connectivity index (χ0n) is 18.1. The van der Waals surface area contributed by atoms with Crippen molar-refractivity contribution in [3.05, 3.63) is 17.8 Å². The van der Waals surface area contributed by atoms with Gasteiger partial charge in [-0.05, 0) is 39.2 Å². The van der Waals surface area contributed by atoms with Crippen LogP contribution in [0.4, 0.5) is 0 Å². The summed E-state index contributed by atoms with van der Waals surface area (Å²) in [6, 6.07) is 0. The second-order valence-electron chi connectivity index (χ2n) is 9.15. The number of halogens is 1. The minimum absolute atomic E-state index is 0. The maximum atomic E-state index is 5.83. The summed E-state index contributed by atoms with van der Waals surface area (Å²) < 4.78 is 5.83. The van der Waals surface area contributed by atoms with Crippen molar-refractivity contribution < 1.29 is 4.42 Å². The van der Waals surface area contributed by atoms with Gasteiger partial charge in [0.1, 0.15) is 5.76 Å². The van der Waals surface area contributed by atoms with E-state index in [9.17, 15) is 0 Å². The molecule has 1 aromatic rings. The van der Waals surface area contributed by atoms with Crippen LogP contribution in [0.5, 0.6) is 0 Å². The number of guanidine groups is 1. The van der Waals surface area contributed by atoms with Crippen LogP contribution in [0.1, 0.15) is 66.0 Å². The number of likely N-dealkylation sites (tertiary alicyclic amines) is 1. The molecule has 0 radical (unpaired) electrons. The van der Waals surface area contributed by atoms with Crippen LogP contribution in [0, 0.1) is 5.92 Å². The fraction of sp³-hybridized carbons (Fsp3) is 0.800. The molecule has 0 aliphatic carbocycles. The van der Waals surface area contributed by atoms with Crippen molar-refractivity contribution in [1.29, 1.82) is 0 Å². The number of hydrogen-bond donors (Lipinski definition) is 2. The summed E-state index contributed by atoms with van der Waals surface area (Å²) in [5.41, 5.74) is 0.0649. The van der Waals surface area contributed by atoms with E-state index in [2.05, 4.69) is 67.1 Å². The molecule has 1 aromatic heterocycles. The highest BCUT2D eigenvalue weighted by atomic mass is 127. The average Bonchev–Trinajstić information content (AvgIpc) is 3.04. The van der Waals surface area contributed by atoms with Crippen molar-refractivity contribution in [2.75, 3.05) is 26.7 Å². The molecule has 1 aliphatic heterocycles. The van der Waals surface area contributed by atoms with Crippen LogP contribution in [0.2, 0.25) is 0 Å². The van der Waals surface area contributed by atoms with Crippen molar-refractivity contribution in [3.63, 3.8) is 0 Å². The van der Waals surface area contributed by atoms with Crippen molar-refractivity contribution in [2.24, 2.45) is 10.9 Å². The van der Waals surface area contributed by atoms with Gasteiger partial charge in [-0.3, -0.25) is 9.89 Å². The molecular formula is C20H38IN5O. The Bertz CT molecular complexity index is 606. The molecule has 0 bridgehead atoms. The average molecular weight is 491 g/mol. The van der Waals surface area contributed by atoms with E-state index in [1.54, 1.807) is 7.05 Å². The van der Waals surface area contributed by atoms with Gasteiger partial charge in [-0.1, -0.05) is 27.7 Å². The molecule has 1 unspecified atom stereocenters. The van der Waals surface area contributed by atoms with Gasteiger partial charge in [-0.2, -0.15) is 0 Å². The molecule has 1 fully saturated rings. The Balaban J connectivity index is 0.00000364. The number of rotatable bonds is 5. The Morgan fingerprint density at radius 3 is 2.56 bits per heavy atom. The molecular weight excluding hydrogens is 453 g/mol. The summed E-state index contributed by atoms with van der Waals surface area (Å²) in [4.78, 5) is 11.3. The predicted octanol–water partition coefficient (Wildman–Crippen LogP) is 3.77. The monoisotopic (exact) mass is 491 g/mol. The van der Waals surface area contributed by atoms with Crippen LogP contribution in [0.25, 0.3) is 0 Å². The van der Waals surface area contributed by atoms with E-state index < -0.39 is 0 Å². The van der Waals surface area contributed by atoms with Crippen LogP contribution in [-0.4, -0.2) is 48.1 Å². The molecule has 1 saturated heterocycles. The molecule has 0 spiro atoms. The van der Waals surface area contributed by atoms with Gasteiger partial charge < -0.3 is 15.1 Å². The van der Waals surface area contributed by atoms with Gasteiger partial charge in [0.25, 0.3) is 0 Å². The summed E-state index contributed by atoms with van der Waals surface area (Å²) in [5, 5.41) is 6.76. The molecule has 0 amide bonds. The lowest BCUT2D eigenvalue weighted by Crippen LogP contribution is -2.55. The molecule has 0 saturated carbocycles. The summed E-state index contributed by atoms with van der Waals surface area (Å²) in [5.74, 6) is 3.14. The second kappa shape index (κ2) is 10.1. The lowest BCUT2D eigenvalue weighted by Gasteiger charge is -2.43. The quantitative estimate of drug-likeness (QED) is 0.373. The number of piperidine rings is 1. The van der Waals surface area contributed by atoms with E-state index >= 15 is 0 Å². The summed E-state index contributed by atoms with van der Waals surface area (Å²) in [6.45, 7) is 17.0. The largest absolute Gasteiger partial charge is 0.443 e. The zero-order chi connectivity index (χ0) is 19.4. The molecule has 7 heteroatoms. The maximum Gasteiger partial charge on any atom is 0.213 e. The molecule has 2 heterocycles. The SMILES string of the molecule is CN=C(NCc1ncc(C(C)(C)C)o1)NCC(C)(C)N1CCCC(C)C1.I. The first-order valence-electron chi connectivity index (χ1n) is 9.76. The van der Waals surface area contributed by atoms with Crippen LogP contribution < -0.4 is 10.6 Å². The van der Waals surface area contributed by atoms with E-state index in [4.69, 9.17) is 4.42 Å². The third-order valence-corrected chi connectivity index (χ3v) is 5.12. The highest BCUT2D eigenvalue weighted by molar-refractivity contribution is 14.0. The van der Waals surface area contributed by atoms with Gasteiger partial charge in [0.15, 0.2) is 5.96 Å². The van der Waals surface area contributed by atoms with E-state index in [0.29, 0.717) is 12.4 Å². The molecule has 0 aromatic carbocycles. The Labute approximate surface area is 182 Å². The van der Waals surface area contributed by atoms with Gasteiger partial charge in [-0.25, -0.2) is 4.98 Å². The molecule has 1 aliphatic rings. The van der Waals surface area contributed by atoms with Gasteiger partial charge in [0.05, 0.1) is 12.7 Å². The first kappa shape index (κ1) is 24.2. The van der Waals surface area contributed by atoms with Crippen molar-refractivity contribution in [1.82, 2.24) is 20.5 Å². The molecule has 6 nitrogen and oxygen atoms in total. The lowest BCUT2D eigenvalue weighted by atomic mass is 9.93. The Kier molecular flexibility index (Phi) is 9.05. The van der Waals surface area contributed by atoms with Crippen molar-refractivity contribution in [3.8, 4) is 0 Å². The Morgan fingerprint density at radius 2 is 2.00 bits per heavy atom. The fourth-order valence-electron chi connectivity index (χ4n) is 3.27. The molecule has 2 rings (SSSR count). The number of aliphatic imine (C=N–C) groups is 1. The van der Waals surface area contributed by atoms with E-state index in [0.717, 1.165) is 24.2 Å². The Hall–Kier alpha value is -0.830. The lowest BCUT2D eigenvalue weighted by molar-refractivity contribution is 0.0739. The highest BCUT2D eigenvalue weighted by Gasteiger charge is 2.30. The number of oxazole rings is 1. The van der Waals surface area contributed by atoms with Crippen LogP contribution in [-0.2, 0) is 12.0 Å².